The topological polar surface area (TPSA) is 75.7 Å². The van der Waals surface area contributed by atoms with E-state index >= 15 is 0 Å². The fourth-order valence-corrected chi connectivity index (χ4v) is 3.80. The van der Waals surface area contributed by atoms with Crippen LogP contribution >= 0.6 is 0 Å². The van der Waals surface area contributed by atoms with Crippen LogP contribution in [0.15, 0.2) is 54.6 Å². The zero-order chi connectivity index (χ0) is 19.7. The molecule has 1 N–H and O–H groups in total. The van der Waals surface area contributed by atoms with E-state index in [0.29, 0.717) is 11.4 Å². The number of hydrogen-bond acceptors (Lipinski definition) is 4. The molecule has 2 aromatic rings. The van der Waals surface area contributed by atoms with Crippen molar-refractivity contribution in [1.29, 1.82) is 0 Å². The molecular formula is C22H22N2O4. The van der Waals surface area contributed by atoms with Gasteiger partial charge in [0.05, 0.1) is 16.8 Å². The molecule has 6 nitrogen and oxygen atoms in total. The molecule has 2 aromatic carbocycles. The molecule has 0 radical (unpaired) electrons. The van der Waals surface area contributed by atoms with Gasteiger partial charge < -0.3 is 15.0 Å². The fraction of sp³-hybridized carbons (Fsp3) is 0.318. The summed E-state index contributed by atoms with van der Waals surface area (Å²) in [6, 6.07) is 16.3. The van der Waals surface area contributed by atoms with Gasteiger partial charge in [0.25, 0.3) is 5.91 Å². The molecule has 0 unspecified atom stereocenters. The number of carbonyl (C=O) groups is 3. The molecule has 4 rings (SSSR count). The monoisotopic (exact) mass is 378 g/mol. The van der Waals surface area contributed by atoms with Gasteiger partial charge in [0, 0.05) is 12.5 Å². The highest BCUT2D eigenvalue weighted by molar-refractivity contribution is 6.05. The summed E-state index contributed by atoms with van der Waals surface area (Å²) in [6.07, 6.45) is 1.64. The van der Waals surface area contributed by atoms with Crippen LogP contribution in [0.4, 0.5) is 11.4 Å². The van der Waals surface area contributed by atoms with Gasteiger partial charge in [-0.2, -0.15) is 0 Å². The first-order valence-corrected chi connectivity index (χ1v) is 9.45. The molecule has 2 amide bonds. The number of ether oxygens (including phenoxy) is 1. The third-order valence-electron chi connectivity index (χ3n) is 5.42. The maximum atomic E-state index is 12.9. The zero-order valence-corrected chi connectivity index (χ0v) is 15.7. The molecule has 0 bridgehead atoms. The predicted molar refractivity (Wildman–Crippen MR) is 105 cm³/mol. The van der Waals surface area contributed by atoms with Gasteiger partial charge in [-0.05, 0) is 37.5 Å². The molecule has 1 saturated carbocycles. The molecule has 1 aliphatic carbocycles. The Morgan fingerprint density at radius 1 is 1.11 bits per heavy atom. The first-order valence-electron chi connectivity index (χ1n) is 9.45. The van der Waals surface area contributed by atoms with Crippen LogP contribution in [0.2, 0.25) is 0 Å². The summed E-state index contributed by atoms with van der Waals surface area (Å²) in [5, 5.41) is 2.82. The standard InChI is InChI=1S/C22H22N2O4/c1-15-13-19(25)23-17-9-5-6-10-18(17)24(15)20(26)14-28-21(27)22(11-12-22)16-7-3-2-4-8-16/h2-10,15H,11-14H2,1H3,(H,23,25)/t15-/m0/s1. The molecule has 1 fully saturated rings. The van der Waals surface area contributed by atoms with Crippen LogP contribution in [-0.4, -0.2) is 30.4 Å². The van der Waals surface area contributed by atoms with Crippen molar-refractivity contribution in [3.63, 3.8) is 0 Å². The Morgan fingerprint density at radius 3 is 2.50 bits per heavy atom. The number of hydrogen-bond donors (Lipinski definition) is 1. The Labute approximate surface area is 163 Å². The average Bonchev–Trinajstić information content (AvgIpc) is 3.51. The normalized spacial score (nSPS) is 19.8. The molecule has 144 valence electrons. The van der Waals surface area contributed by atoms with E-state index in [2.05, 4.69) is 5.32 Å². The molecule has 1 heterocycles. The van der Waals surface area contributed by atoms with E-state index in [4.69, 9.17) is 4.74 Å². The van der Waals surface area contributed by atoms with E-state index in [1.807, 2.05) is 43.3 Å². The Morgan fingerprint density at radius 2 is 1.79 bits per heavy atom. The highest BCUT2D eigenvalue weighted by Crippen LogP contribution is 2.49. The molecule has 28 heavy (non-hydrogen) atoms. The van der Waals surface area contributed by atoms with E-state index in [1.54, 1.807) is 23.1 Å². The summed E-state index contributed by atoms with van der Waals surface area (Å²) >= 11 is 0. The van der Waals surface area contributed by atoms with Crippen molar-refractivity contribution in [2.24, 2.45) is 0 Å². The molecular weight excluding hydrogens is 356 g/mol. The predicted octanol–water partition coefficient (Wildman–Crippen LogP) is 3.03. The highest BCUT2D eigenvalue weighted by Gasteiger charge is 2.53. The van der Waals surface area contributed by atoms with E-state index in [1.165, 1.54) is 0 Å². The van der Waals surface area contributed by atoms with Crippen molar-refractivity contribution in [3.8, 4) is 0 Å². The lowest BCUT2D eigenvalue weighted by Crippen LogP contribution is -2.42. The van der Waals surface area contributed by atoms with Gasteiger partial charge in [-0.1, -0.05) is 42.5 Å². The lowest BCUT2D eigenvalue weighted by atomic mass is 9.96. The number of fused-ring (bicyclic) bond motifs is 1. The van der Waals surface area contributed by atoms with E-state index in [-0.39, 0.29) is 36.9 Å². The number of esters is 1. The number of nitrogens with one attached hydrogen (secondary N) is 1. The summed E-state index contributed by atoms with van der Waals surface area (Å²) in [4.78, 5) is 39.2. The SMILES string of the molecule is C[C@H]1CC(=O)Nc2ccccc2N1C(=O)COC(=O)C1(c2ccccc2)CC1. The number of anilines is 2. The van der Waals surface area contributed by atoms with Crippen LogP contribution < -0.4 is 10.2 Å². The van der Waals surface area contributed by atoms with Crippen LogP contribution in [0.3, 0.4) is 0 Å². The van der Waals surface area contributed by atoms with Gasteiger partial charge >= 0.3 is 5.97 Å². The van der Waals surface area contributed by atoms with Crippen molar-refractivity contribution < 1.29 is 19.1 Å². The van der Waals surface area contributed by atoms with Gasteiger partial charge in [-0.25, -0.2) is 0 Å². The van der Waals surface area contributed by atoms with Gasteiger partial charge in [0.15, 0.2) is 6.61 Å². The van der Waals surface area contributed by atoms with E-state index in [9.17, 15) is 14.4 Å². The van der Waals surface area contributed by atoms with Crippen LogP contribution in [0, 0.1) is 0 Å². The van der Waals surface area contributed by atoms with Gasteiger partial charge in [-0.15, -0.1) is 0 Å². The van der Waals surface area contributed by atoms with Crippen molar-refractivity contribution >= 4 is 29.2 Å². The quantitative estimate of drug-likeness (QED) is 0.830. The first-order chi connectivity index (χ1) is 13.5. The Kier molecular flexibility index (Phi) is 4.63. The lowest BCUT2D eigenvalue weighted by molar-refractivity contribution is -0.150. The smallest absolute Gasteiger partial charge is 0.317 e. The van der Waals surface area contributed by atoms with Gasteiger partial charge in [0.2, 0.25) is 5.91 Å². The second kappa shape index (κ2) is 7.11. The number of amides is 2. The molecule has 6 heteroatoms. The Balaban J connectivity index is 1.49. The first kappa shape index (κ1) is 18.2. The van der Waals surface area contributed by atoms with Crippen molar-refractivity contribution in [3.05, 3.63) is 60.2 Å². The van der Waals surface area contributed by atoms with Gasteiger partial charge in [-0.3, -0.25) is 14.4 Å². The molecule has 2 aliphatic rings. The minimum Gasteiger partial charge on any atom is -0.455 e. The van der Waals surface area contributed by atoms with Crippen molar-refractivity contribution in [2.75, 3.05) is 16.8 Å². The number of nitrogens with zero attached hydrogens (tertiary/aromatic N) is 1. The summed E-state index contributed by atoms with van der Waals surface area (Å²) < 4.78 is 5.43. The Bertz CT molecular complexity index is 921. The summed E-state index contributed by atoms with van der Waals surface area (Å²) in [5.41, 5.74) is 1.50. The van der Waals surface area contributed by atoms with Crippen LogP contribution in [0.1, 0.15) is 31.7 Å². The van der Waals surface area contributed by atoms with E-state index in [0.717, 1.165) is 18.4 Å². The minimum atomic E-state index is -0.624. The second-order valence-corrected chi connectivity index (χ2v) is 7.41. The number of benzene rings is 2. The maximum Gasteiger partial charge on any atom is 0.317 e. The molecule has 0 aromatic heterocycles. The fourth-order valence-electron chi connectivity index (χ4n) is 3.80. The minimum absolute atomic E-state index is 0.145. The number of para-hydroxylation sites is 2. The van der Waals surface area contributed by atoms with E-state index < -0.39 is 5.41 Å². The molecule has 0 spiro atoms. The summed E-state index contributed by atoms with van der Waals surface area (Å²) in [7, 11) is 0. The summed E-state index contributed by atoms with van der Waals surface area (Å²) in [6.45, 7) is 1.47. The number of rotatable bonds is 4. The Hall–Kier alpha value is -3.15. The molecule has 1 aliphatic heterocycles. The third kappa shape index (κ3) is 3.26. The molecule has 0 saturated heterocycles. The zero-order valence-electron chi connectivity index (χ0n) is 15.7. The van der Waals surface area contributed by atoms with Crippen molar-refractivity contribution in [1.82, 2.24) is 0 Å². The average molecular weight is 378 g/mol. The number of carbonyl (C=O) groups excluding carboxylic acids is 3. The van der Waals surface area contributed by atoms with Crippen LogP contribution in [0.5, 0.6) is 0 Å². The third-order valence-corrected chi connectivity index (χ3v) is 5.42. The molecule has 1 atom stereocenters. The largest absolute Gasteiger partial charge is 0.455 e. The van der Waals surface area contributed by atoms with Crippen LogP contribution in [0.25, 0.3) is 0 Å². The lowest BCUT2D eigenvalue weighted by Gasteiger charge is -2.28. The summed E-state index contributed by atoms with van der Waals surface area (Å²) in [5.74, 6) is -0.848. The van der Waals surface area contributed by atoms with Gasteiger partial charge in [0.1, 0.15) is 0 Å². The van der Waals surface area contributed by atoms with Crippen LogP contribution in [-0.2, 0) is 24.5 Å². The van der Waals surface area contributed by atoms with Crippen molar-refractivity contribution in [2.45, 2.75) is 37.6 Å². The second-order valence-electron chi connectivity index (χ2n) is 7.41. The highest BCUT2D eigenvalue weighted by atomic mass is 16.5. The maximum absolute atomic E-state index is 12.9.